The summed E-state index contributed by atoms with van der Waals surface area (Å²) in [4.78, 5) is 0. The summed E-state index contributed by atoms with van der Waals surface area (Å²) >= 11 is 5.05. The average Bonchev–Trinajstić information content (AvgIpc) is 3.02. The summed E-state index contributed by atoms with van der Waals surface area (Å²) in [6, 6.07) is 1.46. The molecule has 0 spiro atoms. The summed E-state index contributed by atoms with van der Waals surface area (Å²) in [5, 5.41) is 9.96. The fourth-order valence-corrected chi connectivity index (χ4v) is 2.21. The molecule has 0 saturated heterocycles. The van der Waals surface area contributed by atoms with Crippen LogP contribution in [0.2, 0.25) is 0 Å². The van der Waals surface area contributed by atoms with Crippen molar-refractivity contribution in [1.82, 2.24) is 15.1 Å². The van der Waals surface area contributed by atoms with Gasteiger partial charge in [0.05, 0.1) is 12.1 Å². The number of thiocarbonyl (C=S) groups is 1. The summed E-state index contributed by atoms with van der Waals surface area (Å²) in [5.41, 5.74) is -0.963. The number of unbranched alkanes of at least 4 members (excludes halogenated alkanes) is 1. The highest BCUT2D eigenvalue weighted by molar-refractivity contribution is 7.80. The van der Waals surface area contributed by atoms with Crippen LogP contribution in [0.1, 0.15) is 25.3 Å². The number of hydrogen-bond acceptors (Lipinski definition) is 2. The zero-order valence-electron chi connectivity index (χ0n) is 13.2. The molecule has 136 valence electrons. The van der Waals surface area contributed by atoms with Gasteiger partial charge in [-0.2, -0.15) is 5.10 Å². The van der Waals surface area contributed by atoms with Crippen LogP contribution in [0.3, 0.4) is 0 Å². The molecule has 1 heterocycles. The first-order chi connectivity index (χ1) is 11.8. The second-order valence-corrected chi connectivity index (χ2v) is 5.59. The van der Waals surface area contributed by atoms with Gasteiger partial charge in [0, 0.05) is 18.8 Å². The highest BCUT2D eigenvalue weighted by Crippen LogP contribution is 2.23. The summed E-state index contributed by atoms with van der Waals surface area (Å²) < 4.78 is 67.8. The average molecular weight is 378 g/mol. The lowest BCUT2D eigenvalue weighted by Gasteiger charge is -2.09. The molecule has 0 amide bonds. The molecular weight excluding hydrogens is 363 g/mol. The number of nitrogens with zero attached hydrogens (tertiary/aromatic N) is 2. The summed E-state index contributed by atoms with van der Waals surface area (Å²) in [6.07, 6.45) is 3.25. The Bertz CT molecular complexity index is 749. The number of nitrogens with one attached hydrogen (secondary N) is 2. The molecule has 0 atom stereocenters. The maximum atomic E-state index is 13.7. The highest BCUT2D eigenvalue weighted by Gasteiger charge is 2.25. The predicted molar refractivity (Wildman–Crippen MR) is 86.7 cm³/mol. The molecule has 2 aromatic rings. The van der Waals surface area contributed by atoms with Crippen molar-refractivity contribution < 1.29 is 22.0 Å². The minimum absolute atomic E-state index is 0.276. The fraction of sp³-hybridized carbons (Fsp3) is 0.333. The molecule has 0 aliphatic carbocycles. The molecule has 1 aromatic carbocycles. The summed E-state index contributed by atoms with van der Waals surface area (Å²) in [5.74, 6) is -9.64. The topological polar surface area (TPSA) is 41.9 Å². The summed E-state index contributed by atoms with van der Waals surface area (Å²) in [6.45, 7) is 2.08. The third kappa shape index (κ3) is 4.44. The predicted octanol–water partition coefficient (Wildman–Crippen LogP) is 3.71. The van der Waals surface area contributed by atoms with E-state index in [0.717, 1.165) is 17.5 Å². The van der Waals surface area contributed by atoms with Gasteiger partial charge in [0.2, 0.25) is 5.82 Å². The standard InChI is InChI=1S/C15H15F5N4S/c1-2-3-5-21-15(25)22-9-4-6-24(23-9)7-8-10(16)12(18)14(20)13(19)11(8)17/h4,6H,2-3,5,7H2,1H3,(H2,21,22,23,25). The first-order valence-electron chi connectivity index (χ1n) is 7.43. The lowest BCUT2D eigenvalue weighted by molar-refractivity contribution is 0.367. The number of benzene rings is 1. The Morgan fingerprint density at radius 1 is 1.08 bits per heavy atom. The Balaban J connectivity index is 2.11. The lowest BCUT2D eigenvalue weighted by atomic mass is 10.1. The van der Waals surface area contributed by atoms with Gasteiger partial charge in [0.25, 0.3) is 0 Å². The Morgan fingerprint density at radius 3 is 2.28 bits per heavy atom. The minimum Gasteiger partial charge on any atom is -0.362 e. The Hall–Kier alpha value is -2.23. The molecule has 0 aliphatic rings. The normalized spacial score (nSPS) is 10.8. The van der Waals surface area contributed by atoms with Gasteiger partial charge in [-0.25, -0.2) is 22.0 Å². The van der Waals surface area contributed by atoms with Crippen LogP contribution in [0.4, 0.5) is 27.8 Å². The molecule has 0 aliphatic heterocycles. The van der Waals surface area contributed by atoms with Crippen molar-refractivity contribution in [3.8, 4) is 0 Å². The summed E-state index contributed by atoms with van der Waals surface area (Å²) in [7, 11) is 0. The zero-order valence-corrected chi connectivity index (χ0v) is 14.0. The maximum absolute atomic E-state index is 13.7. The number of hydrogen-bond donors (Lipinski definition) is 2. The molecular formula is C15H15F5N4S. The van der Waals surface area contributed by atoms with E-state index >= 15 is 0 Å². The van der Waals surface area contributed by atoms with Crippen LogP contribution in [-0.4, -0.2) is 21.4 Å². The number of halogens is 5. The highest BCUT2D eigenvalue weighted by atomic mass is 32.1. The van der Waals surface area contributed by atoms with Gasteiger partial charge in [-0.1, -0.05) is 13.3 Å². The van der Waals surface area contributed by atoms with Crippen molar-refractivity contribution in [1.29, 1.82) is 0 Å². The first-order valence-corrected chi connectivity index (χ1v) is 7.84. The van der Waals surface area contributed by atoms with E-state index in [2.05, 4.69) is 15.7 Å². The number of aromatic nitrogens is 2. The van der Waals surface area contributed by atoms with Gasteiger partial charge >= 0.3 is 0 Å². The Morgan fingerprint density at radius 2 is 1.68 bits per heavy atom. The van der Waals surface area contributed by atoms with Gasteiger partial charge in [-0.15, -0.1) is 0 Å². The van der Waals surface area contributed by atoms with Crippen LogP contribution in [0, 0.1) is 29.1 Å². The zero-order chi connectivity index (χ0) is 18.6. The molecule has 0 unspecified atom stereocenters. The monoisotopic (exact) mass is 378 g/mol. The van der Waals surface area contributed by atoms with Crippen LogP contribution in [0.5, 0.6) is 0 Å². The number of rotatable bonds is 6. The molecule has 2 rings (SSSR count). The third-order valence-electron chi connectivity index (χ3n) is 3.32. The van der Waals surface area contributed by atoms with Crippen molar-refractivity contribution in [2.45, 2.75) is 26.3 Å². The van der Waals surface area contributed by atoms with Gasteiger partial charge < -0.3 is 10.6 Å². The molecule has 10 heteroatoms. The van der Waals surface area contributed by atoms with E-state index in [1.165, 1.54) is 12.3 Å². The largest absolute Gasteiger partial charge is 0.362 e. The second-order valence-electron chi connectivity index (χ2n) is 5.18. The lowest BCUT2D eigenvalue weighted by Crippen LogP contribution is -2.29. The van der Waals surface area contributed by atoms with Crippen molar-refractivity contribution in [3.05, 3.63) is 46.9 Å². The van der Waals surface area contributed by atoms with Crippen molar-refractivity contribution in [2.75, 3.05) is 11.9 Å². The van der Waals surface area contributed by atoms with Crippen molar-refractivity contribution >= 4 is 23.1 Å². The Kier molecular flexibility index (Phi) is 6.29. The van der Waals surface area contributed by atoms with Crippen LogP contribution in [0.25, 0.3) is 0 Å². The molecule has 1 aromatic heterocycles. The molecule has 25 heavy (non-hydrogen) atoms. The molecule has 0 bridgehead atoms. The van der Waals surface area contributed by atoms with E-state index in [4.69, 9.17) is 12.2 Å². The minimum atomic E-state index is -2.19. The quantitative estimate of drug-likeness (QED) is 0.264. The third-order valence-corrected chi connectivity index (χ3v) is 3.57. The van der Waals surface area contributed by atoms with Crippen molar-refractivity contribution in [3.63, 3.8) is 0 Å². The van der Waals surface area contributed by atoms with E-state index in [0.29, 0.717) is 11.7 Å². The number of anilines is 1. The van der Waals surface area contributed by atoms with Gasteiger partial charge in [-0.3, -0.25) is 4.68 Å². The van der Waals surface area contributed by atoms with Crippen LogP contribution in [0.15, 0.2) is 12.3 Å². The van der Waals surface area contributed by atoms with Crippen LogP contribution in [-0.2, 0) is 6.54 Å². The van der Waals surface area contributed by atoms with E-state index in [1.807, 2.05) is 6.92 Å². The van der Waals surface area contributed by atoms with E-state index < -0.39 is 41.2 Å². The second kappa shape index (κ2) is 8.24. The molecule has 0 saturated carbocycles. The van der Waals surface area contributed by atoms with E-state index in [9.17, 15) is 22.0 Å². The molecule has 2 N–H and O–H groups in total. The Labute approximate surface area is 146 Å². The molecule has 0 fully saturated rings. The van der Waals surface area contributed by atoms with Crippen molar-refractivity contribution in [2.24, 2.45) is 0 Å². The molecule has 0 radical (unpaired) electrons. The SMILES string of the molecule is CCCCNC(=S)Nc1ccn(Cc2c(F)c(F)c(F)c(F)c2F)n1. The van der Waals surface area contributed by atoms with Gasteiger partial charge in [0.1, 0.15) is 0 Å². The van der Waals surface area contributed by atoms with E-state index in [-0.39, 0.29) is 5.82 Å². The maximum Gasteiger partial charge on any atom is 0.200 e. The van der Waals surface area contributed by atoms with Gasteiger partial charge in [0.15, 0.2) is 34.2 Å². The first kappa shape index (κ1) is 19.1. The fourth-order valence-electron chi connectivity index (χ4n) is 2.01. The van der Waals surface area contributed by atoms with E-state index in [1.54, 1.807) is 0 Å². The smallest absolute Gasteiger partial charge is 0.200 e. The van der Waals surface area contributed by atoms with Gasteiger partial charge in [-0.05, 0) is 18.6 Å². The molecule has 4 nitrogen and oxygen atoms in total. The van der Waals surface area contributed by atoms with Crippen LogP contribution < -0.4 is 10.6 Å². The van der Waals surface area contributed by atoms with Crippen LogP contribution >= 0.6 is 12.2 Å².